The molecule has 156 valence electrons. The van der Waals surface area contributed by atoms with Crippen LogP contribution in [-0.2, 0) is 5.54 Å². The first kappa shape index (κ1) is 21.1. The first-order valence-corrected chi connectivity index (χ1v) is 10.2. The Labute approximate surface area is 172 Å². The summed E-state index contributed by atoms with van der Waals surface area (Å²) in [4.78, 5) is 8.76. The van der Waals surface area contributed by atoms with Gasteiger partial charge < -0.3 is 15.4 Å². The number of hydrogen-bond donors (Lipinski definition) is 2. The van der Waals surface area contributed by atoms with Gasteiger partial charge in [0.2, 0.25) is 11.8 Å². The van der Waals surface area contributed by atoms with E-state index in [2.05, 4.69) is 38.7 Å². The lowest BCUT2D eigenvalue weighted by Gasteiger charge is -2.33. The van der Waals surface area contributed by atoms with Gasteiger partial charge in [-0.15, -0.1) is 0 Å². The van der Waals surface area contributed by atoms with Gasteiger partial charge in [-0.3, -0.25) is 4.68 Å². The van der Waals surface area contributed by atoms with Crippen LogP contribution >= 0.6 is 0 Å². The number of hydrogen-bond acceptors (Lipinski definition) is 7. The number of nitriles is 1. The minimum atomic E-state index is -0.722. The molecule has 1 aliphatic carbocycles. The summed E-state index contributed by atoms with van der Waals surface area (Å²) < 4.78 is 7.62. The molecule has 0 radical (unpaired) electrons. The molecular weight excluding hydrogens is 366 g/mol. The van der Waals surface area contributed by atoms with Gasteiger partial charge in [0.25, 0.3) is 0 Å². The van der Waals surface area contributed by atoms with Crippen LogP contribution in [0.15, 0.2) is 18.5 Å². The van der Waals surface area contributed by atoms with E-state index in [1.54, 1.807) is 23.1 Å². The summed E-state index contributed by atoms with van der Waals surface area (Å²) in [6, 6.07) is 4.63. The van der Waals surface area contributed by atoms with Crippen LogP contribution in [0.1, 0.15) is 45.7 Å². The first-order chi connectivity index (χ1) is 13.8. The van der Waals surface area contributed by atoms with Crippen molar-refractivity contribution >= 4 is 11.6 Å². The Morgan fingerprint density at radius 2 is 2.17 bits per heavy atom. The van der Waals surface area contributed by atoms with E-state index in [1.807, 2.05) is 27.8 Å². The van der Waals surface area contributed by atoms with Crippen LogP contribution < -0.4 is 15.4 Å². The predicted octanol–water partition coefficient (Wildman–Crippen LogP) is 3.39. The van der Waals surface area contributed by atoms with E-state index in [4.69, 9.17) is 4.74 Å². The molecule has 2 aromatic rings. The zero-order chi connectivity index (χ0) is 21.0. The summed E-state index contributed by atoms with van der Waals surface area (Å²) in [5.74, 6) is 2.22. The van der Waals surface area contributed by atoms with E-state index in [0.717, 1.165) is 17.8 Å². The summed E-state index contributed by atoms with van der Waals surface area (Å²) in [6.45, 7) is 8.49. The highest BCUT2D eigenvalue weighted by atomic mass is 16.5. The Hall–Kier alpha value is -2.66. The van der Waals surface area contributed by atoms with E-state index < -0.39 is 5.54 Å². The first-order valence-electron chi connectivity index (χ1n) is 10.2. The lowest BCUT2D eigenvalue weighted by molar-refractivity contribution is 0.155. The minimum Gasteiger partial charge on any atom is -0.477 e. The minimum absolute atomic E-state index is 0.451. The number of aromatic nitrogens is 4. The van der Waals surface area contributed by atoms with Crippen molar-refractivity contribution in [3.05, 3.63) is 24.2 Å². The average Bonchev–Trinajstić information content (AvgIpc) is 3.08. The molecule has 0 bridgehead atoms. The molecule has 0 aromatic carbocycles. The quantitative estimate of drug-likeness (QED) is 0.738. The van der Waals surface area contributed by atoms with E-state index >= 15 is 0 Å². The van der Waals surface area contributed by atoms with Crippen molar-refractivity contribution in [1.82, 2.24) is 25.1 Å². The van der Waals surface area contributed by atoms with E-state index in [0.29, 0.717) is 36.3 Å². The van der Waals surface area contributed by atoms with Gasteiger partial charge in [-0.1, -0.05) is 6.92 Å². The second-order valence-corrected chi connectivity index (χ2v) is 8.45. The molecule has 0 spiro atoms. The van der Waals surface area contributed by atoms with Crippen LogP contribution in [0.25, 0.3) is 0 Å². The SMILES string of the molecule is CN[C@@H]1CC[C@@H](COc2ccnc(Nc3cn(C(C)(C)C#N)nc3C)n2)C[C@H]1C. The summed E-state index contributed by atoms with van der Waals surface area (Å²) in [5, 5.41) is 20.3. The Morgan fingerprint density at radius 1 is 1.38 bits per heavy atom. The van der Waals surface area contributed by atoms with E-state index in [1.165, 1.54) is 12.8 Å². The van der Waals surface area contributed by atoms with Crippen molar-refractivity contribution in [1.29, 1.82) is 5.26 Å². The highest BCUT2D eigenvalue weighted by Crippen LogP contribution is 2.29. The maximum absolute atomic E-state index is 9.31. The van der Waals surface area contributed by atoms with Gasteiger partial charge in [0, 0.05) is 18.3 Å². The molecule has 29 heavy (non-hydrogen) atoms. The summed E-state index contributed by atoms with van der Waals surface area (Å²) >= 11 is 0. The number of nitrogens with zero attached hydrogens (tertiary/aromatic N) is 5. The normalized spacial score (nSPS) is 22.1. The van der Waals surface area contributed by atoms with Crippen molar-refractivity contribution in [3.8, 4) is 11.9 Å². The molecule has 2 aromatic heterocycles. The molecule has 0 aliphatic heterocycles. The molecule has 0 amide bonds. The van der Waals surface area contributed by atoms with Crippen molar-refractivity contribution < 1.29 is 4.74 Å². The molecule has 2 N–H and O–H groups in total. The Kier molecular flexibility index (Phi) is 6.38. The van der Waals surface area contributed by atoms with E-state index in [-0.39, 0.29) is 0 Å². The van der Waals surface area contributed by atoms with Gasteiger partial charge in [0.1, 0.15) is 5.54 Å². The van der Waals surface area contributed by atoms with Gasteiger partial charge in [-0.05, 0) is 58.9 Å². The maximum atomic E-state index is 9.31. The van der Waals surface area contributed by atoms with Crippen molar-refractivity contribution in [3.63, 3.8) is 0 Å². The Bertz CT molecular complexity index is 870. The zero-order valence-corrected chi connectivity index (χ0v) is 17.9. The van der Waals surface area contributed by atoms with Crippen LogP contribution in [0.3, 0.4) is 0 Å². The van der Waals surface area contributed by atoms with Gasteiger partial charge in [0.05, 0.1) is 30.3 Å². The molecule has 3 atom stereocenters. The third-order valence-corrected chi connectivity index (χ3v) is 5.74. The second-order valence-electron chi connectivity index (χ2n) is 8.45. The molecule has 1 saturated carbocycles. The van der Waals surface area contributed by atoms with Crippen LogP contribution in [0.2, 0.25) is 0 Å². The fourth-order valence-electron chi connectivity index (χ4n) is 3.81. The highest BCUT2D eigenvalue weighted by Gasteiger charge is 2.27. The molecule has 8 nitrogen and oxygen atoms in total. The third-order valence-electron chi connectivity index (χ3n) is 5.74. The topological polar surface area (TPSA) is 101 Å². The average molecular weight is 398 g/mol. The van der Waals surface area contributed by atoms with Crippen molar-refractivity contribution in [2.45, 2.75) is 58.5 Å². The lowest BCUT2D eigenvalue weighted by Crippen LogP contribution is -2.38. The molecular formula is C21H31N7O. The van der Waals surface area contributed by atoms with Crippen molar-refractivity contribution in [2.75, 3.05) is 19.0 Å². The smallest absolute Gasteiger partial charge is 0.230 e. The summed E-state index contributed by atoms with van der Waals surface area (Å²) in [5.41, 5.74) is 0.822. The largest absolute Gasteiger partial charge is 0.477 e. The molecule has 0 unspecified atom stereocenters. The van der Waals surface area contributed by atoms with Crippen molar-refractivity contribution in [2.24, 2.45) is 11.8 Å². The number of rotatable bonds is 7. The van der Waals surface area contributed by atoms with Crippen LogP contribution in [-0.4, -0.2) is 39.4 Å². The standard InChI is InChI=1S/C21H31N7O/c1-14-10-16(6-7-17(14)23-5)12-29-19-8-9-24-20(26-19)25-18-11-28(27-15(18)2)21(3,4)13-22/h8-9,11,14,16-17,23H,6-7,10,12H2,1-5H3,(H,24,25,26)/t14-,16-,17-/m1/s1. The predicted molar refractivity (Wildman–Crippen MR) is 112 cm³/mol. The van der Waals surface area contributed by atoms with Gasteiger partial charge in [-0.2, -0.15) is 15.3 Å². The van der Waals surface area contributed by atoms with Gasteiger partial charge in [-0.25, -0.2) is 4.98 Å². The molecule has 2 heterocycles. The second kappa shape index (κ2) is 8.78. The number of anilines is 2. The summed E-state index contributed by atoms with van der Waals surface area (Å²) in [6.07, 6.45) is 7.00. The number of nitrogens with one attached hydrogen (secondary N) is 2. The highest BCUT2D eigenvalue weighted by molar-refractivity contribution is 5.55. The zero-order valence-electron chi connectivity index (χ0n) is 17.9. The number of aryl methyl sites for hydroxylation is 1. The van der Waals surface area contributed by atoms with E-state index in [9.17, 15) is 5.26 Å². The molecule has 8 heteroatoms. The Morgan fingerprint density at radius 3 is 2.86 bits per heavy atom. The maximum Gasteiger partial charge on any atom is 0.230 e. The fourth-order valence-corrected chi connectivity index (χ4v) is 3.81. The number of ether oxygens (including phenoxy) is 1. The summed E-state index contributed by atoms with van der Waals surface area (Å²) in [7, 11) is 2.04. The third kappa shape index (κ3) is 5.04. The lowest BCUT2D eigenvalue weighted by atomic mass is 9.79. The Balaban J connectivity index is 1.61. The molecule has 1 aliphatic rings. The fraction of sp³-hybridized carbons (Fsp3) is 0.619. The molecule has 3 rings (SSSR count). The van der Waals surface area contributed by atoms with Crippen LogP contribution in [0.5, 0.6) is 5.88 Å². The molecule has 0 saturated heterocycles. The van der Waals surface area contributed by atoms with Crippen LogP contribution in [0, 0.1) is 30.1 Å². The van der Waals surface area contributed by atoms with Crippen LogP contribution in [0.4, 0.5) is 11.6 Å². The molecule has 1 fully saturated rings. The van der Waals surface area contributed by atoms with Gasteiger partial charge >= 0.3 is 0 Å². The monoisotopic (exact) mass is 397 g/mol. The van der Waals surface area contributed by atoms with Gasteiger partial charge in [0.15, 0.2) is 0 Å².